The lowest BCUT2D eigenvalue weighted by molar-refractivity contribution is -0.120. The van der Waals surface area contributed by atoms with Gasteiger partial charge in [0, 0.05) is 19.6 Å². The summed E-state index contributed by atoms with van der Waals surface area (Å²) in [4.78, 5) is 14.5. The summed E-state index contributed by atoms with van der Waals surface area (Å²) in [6.45, 7) is 3.49. The van der Waals surface area contributed by atoms with Gasteiger partial charge in [0.2, 0.25) is 5.91 Å². The molecule has 6 heteroatoms. The van der Waals surface area contributed by atoms with E-state index in [0.29, 0.717) is 26.2 Å². The standard InChI is InChI=1S/C18H21FN2O2S/c19-16-3-1-15(2-4-16)17(21-6-8-23-9-7-21)12-20-18(22)11-14-5-10-24-13-14/h1-5,10,13,17H,6-9,11-12H2,(H,20,22)/t17-/m1/s1. The summed E-state index contributed by atoms with van der Waals surface area (Å²) >= 11 is 1.59. The lowest BCUT2D eigenvalue weighted by Gasteiger charge is -2.35. The van der Waals surface area contributed by atoms with E-state index in [-0.39, 0.29) is 17.8 Å². The molecule has 0 bridgehead atoms. The Balaban J connectivity index is 1.65. The Hall–Kier alpha value is -1.76. The van der Waals surface area contributed by atoms with E-state index < -0.39 is 0 Å². The third-order valence-electron chi connectivity index (χ3n) is 4.18. The second-order valence-electron chi connectivity index (χ2n) is 5.83. The minimum atomic E-state index is -0.249. The van der Waals surface area contributed by atoms with Crippen molar-refractivity contribution in [3.63, 3.8) is 0 Å². The molecule has 24 heavy (non-hydrogen) atoms. The van der Waals surface area contributed by atoms with Gasteiger partial charge in [0.25, 0.3) is 0 Å². The maximum absolute atomic E-state index is 13.2. The average molecular weight is 348 g/mol. The highest BCUT2D eigenvalue weighted by atomic mass is 32.1. The Labute approximate surface area is 145 Å². The molecule has 2 heterocycles. The molecule has 1 fully saturated rings. The molecule has 4 nitrogen and oxygen atoms in total. The van der Waals surface area contributed by atoms with Crippen LogP contribution >= 0.6 is 11.3 Å². The van der Waals surface area contributed by atoms with Gasteiger partial charge in [0.15, 0.2) is 0 Å². The zero-order valence-electron chi connectivity index (χ0n) is 13.4. The number of benzene rings is 1. The summed E-state index contributed by atoms with van der Waals surface area (Å²) in [5, 5.41) is 6.98. The Morgan fingerprint density at radius 3 is 2.67 bits per heavy atom. The number of halogens is 1. The van der Waals surface area contributed by atoms with Crippen molar-refractivity contribution in [2.75, 3.05) is 32.8 Å². The fraction of sp³-hybridized carbons (Fsp3) is 0.389. The first kappa shape index (κ1) is 17.1. The van der Waals surface area contributed by atoms with Crippen molar-refractivity contribution < 1.29 is 13.9 Å². The molecule has 1 atom stereocenters. The van der Waals surface area contributed by atoms with Gasteiger partial charge in [-0.2, -0.15) is 11.3 Å². The third-order valence-corrected chi connectivity index (χ3v) is 4.91. The molecule has 1 N–H and O–H groups in total. The van der Waals surface area contributed by atoms with Crippen molar-refractivity contribution >= 4 is 17.2 Å². The number of carbonyl (C=O) groups is 1. The zero-order chi connectivity index (χ0) is 16.8. The Bertz CT molecular complexity index is 640. The number of ether oxygens (including phenoxy) is 1. The first-order valence-corrected chi connectivity index (χ1v) is 9.01. The van der Waals surface area contributed by atoms with E-state index in [2.05, 4.69) is 10.2 Å². The number of amides is 1. The van der Waals surface area contributed by atoms with Crippen LogP contribution in [-0.2, 0) is 16.0 Å². The molecular weight excluding hydrogens is 327 g/mol. The van der Waals surface area contributed by atoms with E-state index in [1.54, 1.807) is 23.5 Å². The van der Waals surface area contributed by atoms with Gasteiger partial charge >= 0.3 is 0 Å². The third kappa shape index (κ3) is 4.63. The van der Waals surface area contributed by atoms with Crippen molar-refractivity contribution in [3.8, 4) is 0 Å². The van der Waals surface area contributed by atoms with Crippen molar-refractivity contribution in [1.82, 2.24) is 10.2 Å². The summed E-state index contributed by atoms with van der Waals surface area (Å²) in [6.07, 6.45) is 0.392. The molecule has 0 aliphatic carbocycles. The van der Waals surface area contributed by atoms with E-state index in [1.165, 1.54) is 12.1 Å². The van der Waals surface area contributed by atoms with Gasteiger partial charge in [0.05, 0.1) is 25.7 Å². The second-order valence-corrected chi connectivity index (χ2v) is 6.61. The van der Waals surface area contributed by atoms with Crippen molar-refractivity contribution in [1.29, 1.82) is 0 Å². The minimum Gasteiger partial charge on any atom is -0.379 e. The molecule has 2 aromatic rings. The topological polar surface area (TPSA) is 41.6 Å². The highest BCUT2D eigenvalue weighted by Crippen LogP contribution is 2.21. The minimum absolute atomic E-state index is 0.00812. The van der Waals surface area contributed by atoms with Crippen molar-refractivity contribution in [3.05, 3.63) is 58.0 Å². The zero-order valence-corrected chi connectivity index (χ0v) is 14.2. The van der Waals surface area contributed by atoms with Crippen LogP contribution in [0.2, 0.25) is 0 Å². The van der Waals surface area contributed by atoms with Gasteiger partial charge in [-0.3, -0.25) is 9.69 Å². The molecule has 1 aromatic carbocycles. The first-order valence-electron chi connectivity index (χ1n) is 8.07. The number of hydrogen-bond acceptors (Lipinski definition) is 4. The SMILES string of the molecule is O=C(Cc1ccsc1)NC[C@H](c1ccc(F)cc1)N1CCOCC1. The summed E-state index contributed by atoms with van der Waals surface area (Å²) in [6, 6.07) is 8.51. The molecule has 1 amide bonds. The number of hydrogen-bond donors (Lipinski definition) is 1. The van der Waals surface area contributed by atoms with Crippen LogP contribution in [0.15, 0.2) is 41.1 Å². The summed E-state index contributed by atoms with van der Waals surface area (Å²) in [7, 11) is 0. The fourth-order valence-corrected chi connectivity index (χ4v) is 3.55. The Kier molecular flexibility index (Phi) is 5.96. The predicted octanol–water partition coefficient (Wildman–Crippen LogP) is 2.62. The van der Waals surface area contributed by atoms with Crippen LogP contribution in [0.25, 0.3) is 0 Å². The van der Waals surface area contributed by atoms with Crippen LogP contribution in [0.3, 0.4) is 0 Å². The van der Waals surface area contributed by atoms with Gasteiger partial charge < -0.3 is 10.1 Å². The predicted molar refractivity (Wildman–Crippen MR) is 92.6 cm³/mol. The molecule has 1 aromatic heterocycles. The second kappa shape index (κ2) is 8.37. The number of carbonyl (C=O) groups excluding carboxylic acids is 1. The summed E-state index contributed by atoms with van der Waals surface area (Å²) < 4.78 is 18.6. The fourth-order valence-electron chi connectivity index (χ4n) is 2.88. The molecule has 1 aliphatic rings. The molecule has 3 rings (SSSR count). The number of morpholine rings is 1. The van der Waals surface area contributed by atoms with E-state index >= 15 is 0 Å². The van der Waals surface area contributed by atoms with Crippen molar-refractivity contribution in [2.45, 2.75) is 12.5 Å². The van der Waals surface area contributed by atoms with Gasteiger partial charge in [0.1, 0.15) is 5.82 Å². The molecule has 0 spiro atoms. The van der Waals surface area contributed by atoms with Crippen molar-refractivity contribution in [2.24, 2.45) is 0 Å². The monoisotopic (exact) mass is 348 g/mol. The molecule has 1 saturated heterocycles. The highest BCUT2D eigenvalue weighted by molar-refractivity contribution is 7.07. The highest BCUT2D eigenvalue weighted by Gasteiger charge is 2.23. The lowest BCUT2D eigenvalue weighted by atomic mass is 10.0. The molecular formula is C18H21FN2O2S. The van der Waals surface area contributed by atoms with Gasteiger partial charge in [-0.1, -0.05) is 12.1 Å². The number of nitrogens with zero attached hydrogens (tertiary/aromatic N) is 1. The van der Waals surface area contributed by atoms with Crippen LogP contribution in [0.4, 0.5) is 4.39 Å². The van der Waals surface area contributed by atoms with Gasteiger partial charge in [-0.05, 0) is 40.1 Å². The van der Waals surface area contributed by atoms with Crippen LogP contribution < -0.4 is 5.32 Å². The first-order chi connectivity index (χ1) is 11.7. The van der Waals surface area contributed by atoms with Gasteiger partial charge in [-0.15, -0.1) is 0 Å². The maximum Gasteiger partial charge on any atom is 0.224 e. The Morgan fingerprint density at radius 1 is 1.25 bits per heavy atom. The lowest BCUT2D eigenvalue weighted by Crippen LogP contribution is -2.44. The van der Waals surface area contributed by atoms with E-state index in [9.17, 15) is 9.18 Å². The van der Waals surface area contributed by atoms with Crippen LogP contribution in [0.5, 0.6) is 0 Å². The molecule has 1 aliphatic heterocycles. The number of thiophene rings is 1. The van der Waals surface area contributed by atoms with E-state index in [1.807, 2.05) is 16.8 Å². The smallest absolute Gasteiger partial charge is 0.224 e. The molecule has 0 unspecified atom stereocenters. The summed E-state index contributed by atoms with van der Waals surface area (Å²) in [5.74, 6) is -0.241. The summed E-state index contributed by atoms with van der Waals surface area (Å²) in [5.41, 5.74) is 2.04. The average Bonchev–Trinajstić information content (AvgIpc) is 3.10. The molecule has 0 saturated carbocycles. The van der Waals surface area contributed by atoms with E-state index in [0.717, 1.165) is 24.2 Å². The largest absolute Gasteiger partial charge is 0.379 e. The number of nitrogens with one attached hydrogen (secondary N) is 1. The Morgan fingerprint density at radius 2 is 2.00 bits per heavy atom. The van der Waals surface area contributed by atoms with Gasteiger partial charge in [-0.25, -0.2) is 4.39 Å². The van der Waals surface area contributed by atoms with Crippen LogP contribution in [0.1, 0.15) is 17.2 Å². The quantitative estimate of drug-likeness (QED) is 0.873. The number of rotatable bonds is 6. The van der Waals surface area contributed by atoms with Crippen LogP contribution in [0, 0.1) is 5.82 Å². The molecule has 0 radical (unpaired) electrons. The maximum atomic E-state index is 13.2. The molecule has 128 valence electrons. The van der Waals surface area contributed by atoms with E-state index in [4.69, 9.17) is 4.74 Å². The van der Waals surface area contributed by atoms with Crippen LogP contribution in [-0.4, -0.2) is 43.7 Å². The normalized spacial score (nSPS) is 16.7.